The highest BCUT2D eigenvalue weighted by Gasteiger charge is 2.17. The zero-order chi connectivity index (χ0) is 17.3. The molecule has 3 aromatic rings. The van der Waals surface area contributed by atoms with Crippen LogP contribution in [0.4, 0.5) is 5.69 Å². The van der Waals surface area contributed by atoms with E-state index in [1.165, 1.54) is 23.6 Å². The molecule has 7 nitrogen and oxygen atoms in total. The molecule has 0 spiro atoms. The number of nitrogens with zero attached hydrogens (tertiary/aromatic N) is 4. The van der Waals surface area contributed by atoms with Crippen molar-refractivity contribution in [2.24, 2.45) is 17.3 Å². The van der Waals surface area contributed by atoms with Gasteiger partial charge in [-0.3, -0.25) is 10.1 Å². The van der Waals surface area contributed by atoms with Crippen LogP contribution in [0.3, 0.4) is 0 Å². The van der Waals surface area contributed by atoms with E-state index in [4.69, 9.17) is 11.6 Å². The number of thiazole rings is 1. The van der Waals surface area contributed by atoms with Gasteiger partial charge in [-0.25, -0.2) is 0 Å². The Kier molecular flexibility index (Phi) is 4.32. The number of rotatable bonds is 3. The van der Waals surface area contributed by atoms with Gasteiger partial charge >= 0.3 is 5.69 Å². The molecular formula is C15H11ClN4O3S. The number of phenolic OH excluding ortho intramolecular Hbond substituents is 1. The van der Waals surface area contributed by atoms with E-state index in [1.54, 1.807) is 0 Å². The second-order valence-corrected chi connectivity index (χ2v) is 6.32. The number of phenols is 1. The average Bonchev–Trinajstić information content (AvgIpc) is 2.87. The Morgan fingerprint density at radius 3 is 2.83 bits per heavy atom. The topological polar surface area (TPSA) is 93.0 Å². The van der Waals surface area contributed by atoms with Gasteiger partial charge < -0.3 is 9.67 Å². The van der Waals surface area contributed by atoms with Gasteiger partial charge in [-0.15, -0.1) is 5.10 Å². The number of halogens is 1. The van der Waals surface area contributed by atoms with Crippen LogP contribution in [-0.4, -0.2) is 20.8 Å². The molecule has 0 radical (unpaired) electrons. The van der Waals surface area contributed by atoms with Crippen molar-refractivity contribution in [1.29, 1.82) is 0 Å². The monoisotopic (exact) mass is 362 g/mol. The molecule has 2 aromatic carbocycles. The van der Waals surface area contributed by atoms with Crippen LogP contribution in [0.25, 0.3) is 10.2 Å². The fourth-order valence-electron chi connectivity index (χ4n) is 2.16. The first-order chi connectivity index (χ1) is 11.5. The summed E-state index contributed by atoms with van der Waals surface area (Å²) in [5.41, 5.74) is 0.677. The minimum atomic E-state index is -0.707. The predicted molar refractivity (Wildman–Crippen MR) is 93.7 cm³/mol. The molecular weight excluding hydrogens is 352 g/mol. The van der Waals surface area contributed by atoms with Gasteiger partial charge in [0.2, 0.25) is 10.6 Å². The van der Waals surface area contributed by atoms with Gasteiger partial charge in [-0.05, 0) is 18.2 Å². The Morgan fingerprint density at radius 2 is 2.12 bits per heavy atom. The number of benzene rings is 2. The first-order valence-corrected chi connectivity index (χ1v) is 7.95. The summed E-state index contributed by atoms with van der Waals surface area (Å²) in [7, 11) is 1.87. The molecule has 3 rings (SSSR count). The number of aromatic nitrogens is 1. The SMILES string of the molecule is Cn1/c(=N/N=C/c2cc(Cl)cc([N+](=O)[O-])c2O)sc2ccccc21. The molecule has 0 aliphatic heterocycles. The molecule has 0 saturated carbocycles. The fourth-order valence-corrected chi connectivity index (χ4v) is 3.36. The Labute approximate surface area is 144 Å². The van der Waals surface area contributed by atoms with E-state index in [2.05, 4.69) is 10.2 Å². The molecule has 0 aliphatic carbocycles. The third-order valence-corrected chi connectivity index (χ3v) is 4.66. The number of hydrogen-bond acceptors (Lipinski definition) is 6. The summed E-state index contributed by atoms with van der Waals surface area (Å²) < 4.78 is 2.95. The van der Waals surface area contributed by atoms with Crippen molar-refractivity contribution in [2.45, 2.75) is 0 Å². The highest BCUT2D eigenvalue weighted by Crippen LogP contribution is 2.32. The van der Waals surface area contributed by atoms with Crippen LogP contribution >= 0.6 is 22.9 Å². The Balaban J connectivity index is 2.02. The van der Waals surface area contributed by atoms with E-state index in [9.17, 15) is 15.2 Å². The van der Waals surface area contributed by atoms with Crippen molar-refractivity contribution in [3.63, 3.8) is 0 Å². The molecule has 0 fully saturated rings. The predicted octanol–water partition coefficient (Wildman–Crippen LogP) is 3.44. The van der Waals surface area contributed by atoms with Crippen LogP contribution in [0, 0.1) is 10.1 Å². The summed E-state index contributed by atoms with van der Waals surface area (Å²) in [5, 5.41) is 29.0. The lowest BCUT2D eigenvalue weighted by Gasteiger charge is -2.00. The third kappa shape index (κ3) is 3.01. The second-order valence-electron chi connectivity index (χ2n) is 4.88. The molecule has 9 heteroatoms. The smallest absolute Gasteiger partial charge is 0.312 e. The van der Waals surface area contributed by atoms with Gasteiger partial charge in [0.1, 0.15) is 0 Å². The van der Waals surface area contributed by atoms with E-state index < -0.39 is 16.4 Å². The lowest BCUT2D eigenvalue weighted by atomic mass is 10.2. The van der Waals surface area contributed by atoms with Crippen molar-refractivity contribution in [1.82, 2.24) is 4.57 Å². The maximum atomic E-state index is 10.9. The van der Waals surface area contributed by atoms with Gasteiger partial charge in [-0.2, -0.15) is 5.10 Å². The normalized spacial score (nSPS) is 12.3. The summed E-state index contributed by atoms with van der Waals surface area (Å²) in [5.74, 6) is -0.496. The lowest BCUT2D eigenvalue weighted by Crippen LogP contribution is -2.08. The Bertz CT molecular complexity index is 1040. The highest BCUT2D eigenvalue weighted by molar-refractivity contribution is 7.16. The molecule has 0 unspecified atom stereocenters. The Hall–Kier alpha value is -2.71. The number of nitro benzene ring substituents is 1. The number of fused-ring (bicyclic) bond motifs is 1. The van der Waals surface area contributed by atoms with E-state index >= 15 is 0 Å². The van der Waals surface area contributed by atoms with Gasteiger partial charge in [-0.1, -0.05) is 35.1 Å². The van der Waals surface area contributed by atoms with Gasteiger partial charge in [0.25, 0.3) is 0 Å². The van der Waals surface area contributed by atoms with Crippen molar-refractivity contribution in [2.75, 3.05) is 0 Å². The van der Waals surface area contributed by atoms with Crippen LogP contribution in [0.15, 0.2) is 46.6 Å². The maximum Gasteiger partial charge on any atom is 0.312 e. The van der Waals surface area contributed by atoms with E-state index in [0.29, 0.717) is 4.80 Å². The number of aryl methyl sites for hydroxylation is 1. The van der Waals surface area contributed by atoms with Crippen molar-refractivity contribution < 1.29 is 10.0 Å². The number of aromatic hydroxyl groups is 1. The quantitative estimate of drug-likeness (QED) is 0.439. The van der Waals surface area contributed by atoms with Crippen molar-refractivity contribution >= 4 is 45.1 Å². The maximum absolute atomic E-state index is 10.9. The van der Waals surface area contributed by atoms with E-state index in [-0.39, 0.29) is 10.6 Å². The van der Waals surface area contributed by atoms with Crippen LogP contribution in [-0.2, 0) is 7.05 Å². The molecule has 1 N–H and O–H groups in total. The van der Waals surface area contributed by atoms with Gasteiger partial charge in [0, 0.05) is 23.7 Å². The molecule has 0 amide bonds. The number of hydrogen-bond donors (Lipinski definition) is 1. The summed E-state index contributed by atoms with van der Waals surface area (Å²) in [4.78, 5) is 10.8. The molecule has 0 bridgehead atoms. The molecule has 0 saturated heterocycles. The zero-order valence-electron chi connectivity index (χ0n) is 12.4. The largest absolute Gasteiger partial charge is 0.502 e. The lowest BCUT2D eigenvalue weighted by molar-refractivity contribution is -0.385. The molecule has 0 atom stereocenters. The van der Waals surface area contributed by atoms with Gasteiger partial charge in [0.05, 0.1) is 21.4 Å². The molecule has 0 aliphatic rings. The minimum Gasteiger partial charge on any atom is -0.502 e. The van der Waals surface area contributed by atoms with Crippen LogP contribution in [0.5, 0.6) is 5.75 Å². The highest BCUT2D eigenvalue weighted by atomic mass is 35.5. The zero-order valence-corrected chi connectivity index (χ0v) is 14.0. The standard InChI is InChI=1S/C15H11ClN4O3S/c1-19-11-4-2-3-5-13(11)24-15(19)18-17-8-9-6-10(16)7-12(14(9)21)20(22)23/h2-8,21H,1H3/b17-8+,18-15-. The molecule has 24 heavy (non-hydrogen) atoms. The van der Waals surface area contributed by atoms with E-state index in [1.807, 2.05) is 35.9 Å². The number of para-hydroxylation sites is 1. The average molecular weight is 363 g/mol. The summed E-state index contributed by atoms with van der Waals surface area (Å²) in [6.45, 7) is 0. The minimum absolute atomic E-state index is 0.127. The summed E-state index contributed by atoms with van der Waals surface area (Å²) >= 11 is 7.29. The third-order valence-electron chi connectivity index (χ3n) is 3.34. The van der Waals surface area contributed by atoms with Crippen LogP contribution in [0.2, 0.25) is 5.02 Å². The molecule has 1 heterocycles. The number of nitro groups is 1. The van der Waals surface area contributed by atoms with Gasteiger partial charge in [0.15, 0.2) is 0 Å². The van der Waals surface area contributed by atoms with Crippen molar-refractivity contribution in [3.05, 3.63) is 61.9 Å². The first-order valence-electron chi connectivity index (χ1n) is 6.76. The molecule has 122 valence electrons. The van der Waals surface area contributed by atoms with Crippen LogP contribution < -0.4 is 4.80 Å². The van der Waals surface area contributed by atoms with Crippen molar-refractivity contribution in [3.8, 4) is 5.75 Å². The molecule has 1 aromatic heterocycles. The summed E-state index contributed by atoms with van der Waals surface area (Å²) in [6.07, 6.45) is 1.23. The second kappa shape index (κ2) is 6.42. The van der Waals surface area contributed by atoms with E-state index in [0.717, 1.165) is 16.3 Å². The fraction of sp³-hybridized carbons (Fsp3) is 0.0667. The Morgan fingerprint density at radius 1 is 1.38 bits per heavy atom. The first kappa shape index (κ1) is 16.2. The summed E-state index contributed by atoms with van der Waals surface area (Å²) in [6, 6.07) is 10.3. The van der Waals surface area contributed by atoms with Crippen LogP contribution in [0.1, 0.15) is 5.56 Å².